The highest BCUT2D eigenvalue weighted by Gasteiger charge is 2.20. The largest absolute Gasteiger partial charge is 0.350 e. The molecule has 2 aliphatic rings. The Morgan fingerprint density at radius 1 is 1.04 bits per heavy atom. The standard InChI is InChI=1S/C19H22N4O/c24-19(20-16-7-3-4-8-16)17-9-10-18(22-21-17)23-12-11-14-5-1-2-6-15(14)13-23/h1-2,5-6,9-10,16H,3-4,7-8,11-13H2,(H,20,24). The van der Waals surface area contributed by atoms with Crippen molar-refractivity contribution in [1.82, 2.24) is 15.5 Å². The predicted octanol–water partition coefficient (Wildman–Crippen LogP) is 2.71. The molecule has 1 aliphatic heterocycles. The summed E-state index contributed by atoms with van der Waals surface area (Å²) in [6.07, 6.45) is 5.56. The Labute approximate surface area is 142 Å². The molecule has 2 aromatic rings. The monoisotopic (exact) mass is 322 g/mol. The van der Waals surface area contributed by atoms with Crippen LogP contribution in [-0.4, -0.2) is 28.7 Å². The number of anilines is 1. The van der Waals surface area contributed by atoms with Gasteiger partial charge in [0.15, 0.2) is 11.5 Å². The zero-order chi connectivity index (χ0) is 16.4. The molecule has 0 saturated heterocycles. The zero-order valence-corrected chi connectivity index (χ0v) is 13.7. The van der Waals surface area contributed by atoms with E-state index < -0.39 is 0 Å². The molecule has 124 valence electrons. The molecular weight excluding hydrogens is 300 g/mol. The normalized spacial score (nSPS) is 17.6. The predicted molar refractivity (Wildman–Crippen MR) is 93.0 cm³/mol. The molecule has 0 radical (unpaired) electrons. The molecule has 0 bridgehead atoms. The molecule has 0 atom stereocenters. The van der Waals surface area contributed by atoms with Gasteiger partial charge in [-0.1, -0.05) is 37.1 Å². The highest BCUT2D eigenvalue weighted by molar-refractivity contribution is 5.92. The molecule has 1 N–H and O–H groups in total. The van der Waals surface area contributed by atoms with Gasteiger partial charge in [-0.15, -0.1) is 10.2 Å². The van der Waals surface area contributed by atoms with E-state index in [1.54, 1.807) is 6.07 Å². The molecule has 1 aliphatic carbocycles. The van der Waals surface area contributed by atoms with Crippen molar-refractivity contribution in [3.63, 3.8) is 0 Å². The van der Waals surface area contributed by atoms with Crippen LogP contribution in [0.15, 0.2) is 36.4 Å². The second kappa shape index (κ2) is 6.59. The van der Waals surface area contributed by atoms with Gasteiger partial charge in [-0.3, -0.25) is 4.79 Å². The Morgan fingerprint density at radius 2 is 1.83 bits per heavy atom. The summed E-state index contributed by atoms with van der Waals surface area (Å²) in [4.78, 5) is 14.4. The van der Waals surface area contributed by atoms with Gasteiger partial charge in [0.1, 0.15) is 0 Å². The summed E-state index contributed by atoms with van der Waals surface area (Å²) in [6.45, 7) is 1.78. The summed E-state index contributed by atoms with van der Waals surface area (Å²) in [6, 6.07) is 12.5. The topological polar surface area (TPSA) is 58.1 Å². The lowest BCUT2D eigenvalue weighted by Gasteiger charge is -2.29. The summed E-state index contributed by atoms with van der Waals surface area (Å²) in [5.74, 6) is 0.729. The van der Waals surface area contributed by atoms with Gasteiger partial charge in [-0.25, -0.2) is 0 Å². The summed E-state index contributed by atoms with van der Waals surface area (Å²) >= 11 is 0. The maximum atomic E-state index is 12.2. The minimum Gasteiger partial charge on any atom is -0.350 e. The van der Waals surface area contributed by atoms with Crippen molar-refractivity contribution in [3.8, 4) is 0 Å². The molecule has 1 amide bonds. The fourth-order valence-electron chi connectivity index (χ4n) is 3.64. The van der Waals surface area contributed by atoms with E-state index >= 15 is 0 Å². The quantitative estimate of drug-likeness (QED) is 0.944. The Balaban J connectivity index is 1.43. The molecule has 5 nitrogen and oxygen atoms in total. The number of nitrogens with one attached hydrogen (secondary N) is 1. The van der Waals surface area contributed by atoms with Gasteiger partial charge in [0.2, 0.25) is 0 Å². The minimum atomic E-state index is -0.107. The number of hydrogen-bond donors (Lipinski definition) is 1. The lowest BCUT2D eigenvalue weighted by molar-refractivity contribution is 0.0932. The molecule has 5 heteroatoms. The van der Waals surface area contributed by atoms with Gasteiger partial charge < -0.3 is 10.2 Å². The number of rotatable bonds is 3. The number of benzene rings is 1. The number of carbonyl (C=O) groups is 1. The molecule has 1 saturated carbocycles. The number of amides is 1. The van der Waals surface area contributed by atoms with Crippen LogP contribution in [0.25, 0.3) is 0 Å². The van der Waals surface area contributed by atoms with E-state index in [4.69, 9.17) is 0 Å². The first kappa shape index (κ1) is 15.1. The smallest absolute Gasteiger partial charge is 0.272 e. The van der Waals surface area contributed by atoms with E-state index in [0.717, 1.165) is 38.2 Å². The van der Waals surface area contributed by atoms with Crippen LogP contribution in [-0.2, 0) is 13.0 Å². The van der Waals surface area contributed by atoms with E-state index in [1.807, 2.05) is 6.07 Å². The average molecular weight is 322 g/mol. The average Bonchev–Trinajstić information content (AvgIpc) is 3.14. The number of nitrogens with zero attached hydrogens (tertiary/aromatic N) is 3. The van der Waals surface area contributed by atoms with Gasteiger partial charge in [-0.2, -0.15) is 0 Å². The Morgan fingerprint density at radius 3 is 2.58 bits per heavy atom. The second-order valence-electron chi connectivity index (χ2n) is 6.67. The van der Waals surface area contributed by atoms with Crippen LogP contribution in [0, 0.1) is 0 Å². The maximum Gasteiger partial charge on any atom is 0.272 e. The van der Waals surface area contributed by atoms with Crippen molar-refractivity contribution in [2.75, 3.05) is 11.4 Å². The third-order valence-corrected chi connectivity index (χ3v) is 5.03. The van der Waals surface area contributed by atoms with Crippen LogP contribution >= 0.6 is 0 Å². The molecule has 2 heterocycles. The molecule has 0 unspecified atom stereocenters. The maximum absolute atomic E-state index is 12.2. The van der Waals surface area contributed by atoms with Crippen molar-refractivity contribution in [3.05, 3.63) is 53.2 Å². The van der Waals surface area contributed by atoms with Crippen LogP contribution in [0.1, 0.15) is 47.3 Å². The first-order chi connectivity index (χ1) is 11.8. The summed E-state index contributed by atoms with van der Waals surface area (Å²) in [5.41, 5.74) is 3.16. The third-order valence-electron chi connectivity index (χ3n) is 5.03. The molecule has 1 fully saturated rings. The molecular formula is C19H22N4O. The Bertz CT molecular complexity index is 722. The minimum absolute atomic E-state index is 0.107. The van der Waals surface area contributed by atoms with Crippen molar-refractivity contribution < 1.29 is 4.79 Å². The molecule has 1 aromatic heterocycles. The second-order valence-corrected chi connectivity index (χ2v) is 6.67. The van der Waals surface area contributed by atoms with Crippen molar-refractivity contribution >= 4 is 11.7 Å². The third kappa shape index (κ3) is 3.11. The van der Waals surface area contributed by atoms with Gasteiger partial charge in [0.25, 0.3) is 5.91 Å². The lowest BCUT2D eigenvalue weighted by Crippen LogP contribution is -2.34. The summed E-state index contributed by atoms with van der Waals surface area (Å²) in [7, 11) is 0. The van der Waals surface area contributed by atoms with Crippen molar-refractivity contribution in [2.24, 2.45) is 0 Å². The first-order valence-corrected chi connectivity index (χ1v) is 8.76. The van der Waals surface area contributed by atoms with Crippen molar-refractivity contribution in [2.45, 2.75) is 44.7 Å². The molecule has 4 rings (SSSR count). The highest BCUT2D eigenvalue weighted by Crippen LogP contribution is 2.22. The summed E-state index contributed by atoms with van der Waals surface area (Å²) < 4.78 is 0. The van der Waals surface area contributed by atoms with Gasteiger partial charge >= 0.3 is 0 Å². The first-order valence-electron chi connectivity index (χ1n) is 8.76. The molecule has 0 spiro atoms. The van der Waals surface area contributed by atoms with E-state index in [1.165, 1.54) is 24.0 Å². The lowest BCUT2D eigenvalue weighted by atomic mass is 10.00. The Hall–Kier alpha value is -2.43. The number of carbonyl (C=O) groups excluding carboxylic acids is 1. The van der Waals surface area contributed by atoms with Crippen LogP contribution in [0.4, 0.5) is 5.82 Å². The molecule has 24 heavy (non-hydrogen) atoms. The van der Waals surface area contributed by atoms with Crippen molar-refractivity contribution in [1.29, 1.82) is 0 Å². The van der Waals surface area contributed by atoms with E-state index in [9.17, 15) is 4.79 Å². The highest BCUT2D eigenvalue weighted by atomic mass is 16.2. The fraction of sp³-hybridized carbons (Fsp3) is 0.421. The van der Waals surface area contributed by atoms with E-state index in [2.05, 4.69) is 44.7 Å². The van der Waals surface area contributed by atoms with Gasteiger partial charge in [0.05, 0.1) is 0 Å². The SMILES string of the molecule is O=C(NC1CCCC1)c1ccc(N2CCc3ccccc3C2)nn1. The number of aromatic nitrogens is 2. The van der Waals surface area contributed by atoms with Crippen LogP contribution in [0.3, 0.4) is 0 Å². The summed E-state index contributed by atoms with van der Waals surface area (Å²) in [5, 5.41) is 11.5. The zero-order valence-electron chi connectivity index (χ0n) is 13.7. The number of fused-ring (bicyclic) bond motifs is 1. The molecule has 1 aromatic carbocycles. The van der Waals surface area contributed by atoms with Gasteiger partial charge in [-0.05, 0) is 42.5 Å². The van der Waals surface area contributed by atoms with Gasteiger partial charge in [0, 0.05) is 19.1 Å². The Kier molecular flexibility index (Phi) is 4.15. The van der Waals surface area contributed by atoms with Crippen LogP contribution < -0.4 is 10.2 Å². The number of hydrogen-bond acceptors (Lipinski definition) is 4. The van der Waals surface area contributed by atoms with E-state index in [-0.39, 0.29) is 5.91 Å². The fourth-order valence-corrected chi connectivity index (χ4v) is 3.64. The van der Waals surface area contributed by atoms with Crippen LogP contribution in [0.2, 0.25) is 0 Å². The van der Waals surface area contributed by atoms with E-state index in [0.29, 0.717) is 11.7 Å². The van der Waals surface area contributed by atoms with Crippen LogP contribution in [0.5, 0.6) is 0 Å².